The quantitative estimate of drug-likeness (QED) is 0.593. The zero-order valence-electron chi connectivity index (χ0n) is 16.9. The van der Waals surface area contributed by atoms with E-state index in [9.17, 15) is 22.0 Å². The van der Waals surface area contributed by atoms with Crippen LogP contribution in [0.15, 0.2) is 36.4 Å². The van der Waals surface area contributed by atoms with Crippen molar-refractivity contribution in [3.05, 3.63) is 69.7 Å². The Hall–Kier alpha value is -2.07. The van der Waals surface area contributed by atoms with Crippen LogP contribution in [0.2, 0.25) is 5.02 Å². The molecule has 1 N–H and O–H groups in total. The third-order valence-electron chi connectivity index (χ3n) is 5.13. The van der Waals surface area contributed by atoms with Gasteiger partial charge in [0.1, 0.15) is 11.6 Å². The van der Waals surface area contributed by atoms with Gasteiger partial charge in [-0.15, -0.1) is 0 Å². The van der Waals surface area contributed by atoms with Gasteiger partial charge in [0.2, 0.25) is 10.0 Å². The number of esters is 1. The highest BCUT2D eigenvalue weighted by molar-refractivity contribution is 7.88. The van der Waals surface area contributed by atoms with Crippen LogP contribution in [-0.2, 0) is 20.5 Å². The monoisotopic (exact) mass is 472 g/mol. The number of sulfonamides is 1. The molecule has 0 bridgehead atoms. The van der Waals surface area contributed by atoms with Gasteiger partial charge in [0.05, 0.1) is 29.5 Å². The predicted molar refractivity (Wildman–Crippen MR) is 113 cm³/mol. The number of ether oxygens (including phenoxy) is 1. The van der Waals surface area contributed by atoms with Crippen molar-refractivity contribution in [1.82, 2.24) is 9.62 Å². The van der Waals surface area contributed by atoms with Crippen LogP contribution in [0.25, 0.3) is 0 Å². The van der Waals surface area contributed by atoms with E-state index >= 15 is 0 Å². The number of hydrogen-bond donors (Lipinski definition) is 1. The van der Waals surface area contributed by atoms with Gasteiger partial charge in [0.25, 0.3) is 0 Å². The van der Waals surface area contributed by atoms with E-state index in [1.165, 1.54) is 37.4 Å². The summed E-state index contributed by atoms with van der Waals surface area (Å²) in [5, 5.41) is -0.104. The summed E-state index contributed by atoms with van der Waals surface area (Å²) in [5.41, 5.74) is 0.419. The predicted octanol–water partition coefficient (Wildman–Crippen LogP) is 3.66. The lowest BCUT2D eigenvalue weighted by Crippen LogP contribution is -2.37. The molecule has 2 aromatic carbocycles. The summed E-state index contributed by atoms with van der Waals surface area (Å²) in [7, 11) is -2.81. The zero-order chi connectivity index (χ0) is 22.6. The molecule has 168 valence electrons. The van der Waals surface area contributed by atoms with E-state index in [2.05, 4.69) is 14.4 Å². The molecule has 0 aliphatic carbocycles. The van der Waals surface area contributed by atoms with E-state index in [1.807, 2.05) is 0 Å². The van der Waals surface area contributed by atoms with Crippen LogP contribution in [0.4, 0.5) is 8.78 Å². The number of nitrogens with one attached hydrogen (secondary N) is 1. The van der Waals surface area contributed by atoms with E-state index in [-0.39, 0.29) is 16.1 Å². The van der Waals surface area contributed by atoms with Crippen molar-refractivity contribution >= 4 is 27.6 Å². The molecule has 3 rings (SSSR count). The molecular formula is C21H23ClF2N2O4S. The van der Waals surface area contributed by atoms with Crippen LogP contribution < -0.4 is 4.72 Å². The van der Waals surface area contributed by atoms with Crippen LogP contribution in [0.3, 0.4) is 0 Å². The maximum Gasteiger partial charge on any atom is 0.337 e. The highest BCUT2D eigenvalue weighted by atomic mass is 35.5. The summed E-state index contributed by atoms with van der Waals surface area (Å²) in [6.45, 7) is 2.04. The van der Waals surface area contributed by atoms with E-state index in [0.717, 1.165) is 32.0 Å². The van der Waals surface area contributed by atoms with Gasteiger partial charge >= 0.3 is 5.97 Å². The minimum Gasteiger partial charge on any atom is -0.465 e. The number of nitrogens with zero attached hydrogens (tertiary/aromatic N) is 1. The van der Waals surface area contributed by atoms with Gasteiger partial charge in [-0.05, 0) is 55.8 Å². The second kappa shape index (κ2) is 10.0. The maximum atomic E-state index is 14.4. The minimum absolute atomic E-state index is 0.0121. The van der Waals surface area contributed by atoms with Crippen LogP contribution in [0, 0.1) is 11.6 Å². The van der Waals surface area contributed by atoms with E-state index in [1.54, 1.807) is 0 Å². The maximum absolute atomic E-state index is 14.4. The van der Waals surface area contributed by atoms with Crippen molar-refractivity contribution in [2.75, 3.05) is 26.7 Å². The number of halogens is 3. The summed E-state index contributed by atoms with van der Waals surface area (Å²) in [6, 6.07) is 6.87. The summed E-state index contributed by atoms with van der Waals surface area (Å²) >= 11 is 5.90. The average Bonchev–Trinajstić information content (AvgIpc) is 3.23. The molecule has 2 aromatic rings. The van der Waals surface area contributed by atoms with Gasteiger partial charge in [0, 0.05) is 12.1 Å². The van der Waals surface area contributed by atoms with E-state index < -0.39 is 39.4 Å². The van der Waals surface area contributed by atoms with Crippen molar-refractivity contribution in [2.24, 2.45) is 0 Å². The first-order valence-electron chi connectivity index (χ1n) is 9.72. The van der Waals surface area contributed by atoms with Gasteiger partial charge in [0.15, 0.2) is 0 Å². The molecule has 1 fully saturated rings. The Morgan fingerprint density at radius 3 is 2.48 bits per heavy atom. The zero-order valence-corrected chi connectivity index (χ0v) is 18.5. The molecule has 6 nitrogen and oxygen atoms in total. The fourth-order valence-corrected chi connectivity index (χ4v) is 5.10. The van der Waals surface area contributed by atoms with Crippen molar-refractivity contribution in [1.29, 1.82) is 0 Å². The summed E-state index contributed by atoms with van der Waals surface area (Å²) in [5.74, 6) is -2.76. The topological polar surface area (TPSA) is 75.7 Å². The molecule has 1 aliphatic rings. The van der Waals surface area contributed by atoms with Gasteiger partial charge in [-0.25, -0.2) is 26.7 Å². The molecule has 0 spiro atoms. The number of carbonyl (C=O) groups excluding carboxylic acids is 1. The van der Waals surface area contributed by atoms with Crippen LogP contribution >= 0.6 is 11.6 Å². The largest absolute Gasteiger partial charge is 0.465 e. The second-order valence-corrected chi connectivity index (χ2v) is 9.57. The molecule has 0 amide bonds. The smallest absolute Gasteiger partial charge is 0.337 e. The molecule has 31 heavy (non-hydrogen) atoms. The van der Waals surface area contributed by atoms with Crippen molar-refractivity contribution in [3.63, 3.8) is 0 Å². The fourth-order valence-electron chi connectivity index (χ4n) is 3.54. The highest BCUT2D eigenvalue weighted by Gasteiger charge is 2.25. The molecule has 0 aromatic heterocycles. The van der Waals surface area contributed by atoms with Crippen molar-refractivity contribution < 1.29 is 26.7 Å². The van der Waals surface area contributed by atoms with Crippen molar-refractivity contribution in [2.45, 2.75) is 24.6 Å². The second-order valence-electron chi connectivity index (χ2n) is 7.41. The molecule has 10 heteroatoms. The molecule has 1 atom stereocenters. The number of carbonyl (C=O) groups is 1. The Balaban J connectivity index is 1.81. The fraction of sp³-hybridized carbons (Fsp3) is 0.381. The Bertz CT molecular complexity index is 1060. The lowest BCUT2D eigenvalue weighted by atomic mass is 10.1. The summed E-state index contributed by atoms with van der Waals surface area (Å²) in [4.78, 5) is 13.6. The molecule has 1 aliphatic heterocycles. The normalized spacial score (nSPS) is 15.7. The number of rotatable bonds is 8. The average molecular weight is 473 g/mol. The first-order chi connectivity index (χ1) is 14.7. The van der Waals surface area contributed by atoms with E-state index in [4.69, 9.17) is 11.6 Å². The van der Waals surface area contributed by atoms with Gasteiger partial charge < -0.3 is 9.64 Å². The SMILES string of the molecule is COC(=O)c1ccc(CS(=O)(=O)NC(CN2CCCC2)c2ccc(F)c(Cl)c2)c(F)c1. The first kappa shape index (κ1) is 23.6. The number of likely N-dealkylation sites (tertiary alicyclic amines) is 1. The molecular weight excluding hydrogens is 450 g/mol. The Morgan fingerprint density at radius 2 is 1.87 bits per heavy atom. The van der Waals surface area contributed by atoms with Gasteiger partial charge in [-0.1, -0.05) is 23.7 Å². The number of benzene rings is 2. The van der Waals surface area contributed by atoms with Crippen LogP contribution in [0.1, 0.15) is 40.4 Å². The van der Waals surface area contributed by atoms with Gasteiger partial charge in [-0.3, -0.25) is 0 Å². The standard InChI is InChI=1S/C21H23ClF2N2O4S/c1-30-21(27)15-4-5-16(19(24)11-15)13-31(28,29)25-20(12-26-8-2-3-9-26)14-6-7-18(23)17(22)10-14/h4-7,10-11,20,25H,2-3,8-9,12-13H2,1H3. The lowest BCUT2D eigenvalue weighted by Gasteiger charge is -2.25. The minimum atomic E-state index is -3.98. The summed E-state index contributed by atoms with van der Waals surface area (Å²) in [6.07, 6.45) is 2.03. The van der Waals surface area contributed by atoms with E-state index in [0.29, 0.717) is 12.1 Å². The third kappa shape index (κ3) is 6.22. The number of methoxy groups -OCH3 is 1. The van der Waals surface area contributed by atoms with Crippen LogP contribution in [0.5, 0.6) is 0 Å². The number of hydrogen-bond acceptors (Lipinski definition) is 5. The molecule has 1 heterocycles. The van der Waals surface area contributed by atoms with Crippen LogP contribution in [-0.4, -0.2) is 46.0 Å². The Morgan fingerprint density at radius 1 is 1.16 bits per heavy atom. The first-order valence-corrected chi connectivity index (χ1v) is 11.8. The lowest BCUT2D eigenvalue weighted by molar-refractivity contribution is 0.0600. The Labute approximate surface area is 185 Å². The molecule has 1 unspecified atom stereocenters. The Kier molecular flexibility index (Phi) is 7.64. The molecule has 0 saturated carbocycles. The molecule has 0 radical (unpaired) electrons. The van der Waals surface area contributed by atoms with Gasteiger partial charge in [-0.2, -0.15) is 0 Å². The highest BCUT2D eigenvalue weighted by Crippen LogP contribution is 2.24. The third-order valence-corrected chi connectivity index (χ3v) is 6.75. The van der Waals surface area contributed by atoms with Crippen molar-refractivity contribution in [3.8, 4) is 0 Å². The summed E-state index contributed by atoms with van der Waals surface area (Å²) < 4.78 is 60.8. The molecule has 1 saturated heterocycles.